The molecule has 10 rings (SSSR count). The number of fused-ring (bicyclic) bond motifs is 2. The molecule has 14 nitrogen and oxygen atoms in total. The van der Waals surface area contributed by atoms with E-state index in [1.54, 1.807) is 0 Å². The molecule has 0 saturated heterocycles. The van der Waals surface area contributed by atoms with Crippen LogP contribution in [0.25, 0.3) is 22.5 Å². The van der Waals surface area contributed by atoms with Crippen LogP contribution < -0.4 is 31.4 Å². The Morgan fingerprint density at radius 3 is 1.18 bits per heavy atom. The van der Waals surface area contributed by atoms with Gasteiger partial charge in [-0.3, -0.25) is 0 Å². The summed E-state index contributed by atoms with van der Waals surface area (Å²) in [7, 11) is -5.26. The van der Waals surface area contributed by atoms with Gasteiger partial charge in [0.2, 0.25) is 0 Å². The summed E-state index contributed by atoms with van der Waals surface area (Å²) in [6.07, 6.45) is 5.44. The van der Waals surface area contributed by atoms with E-state index in [-0.39, 0.29) is 33.9 Å². The van der Waals surface area contributed by atoms with Crippen molar-refractivity contribution in [1.82, 2.24) is 29.7 Å². The molecule has 96 heavy (non-hydrogen) atoms. The van der Waals surface area contributed by atoms with Crippen LogP contribution in [0, 0.1) is 0 Å². The Labute approximate surface area is 595 Å². The first-order chi connectivity index (χ1) is 45.2. The number of alkyl halides is 1. The van der Waals surface area contributed by atoms with Crippen molar-refractivity contribution in [2.75, 3.05) is 30.9 Å². The van der Waals surface area contributed by atoms with Crippen molar-refractivity contribution in [3.63, 3.8) is 0 Å². The van der Waals surface area contributed by atoms with Crippen LogP contribution in [0.1, 0.15) is 141 Å². The Hall–Kier alpha value is -6.24. The van der Waals surface area contributed by atoms with Crippen LogP contribution in [0.3, 0.4) is 0 Å². The molecule has 0 spiro atoms. The first-order valence-electron chi connectivity index (χ1n) is 33.6. The van der Waals surface area contributed by atoms with E-state index in [4.69, 9.17) is 37.8 Å². The minimum atomic E-state index is -2.71. The van der Waals surface area contributed by atoms with E-state index >= 15 is 0 Å². The summed E-state index contributed by atoms with van der Waals surface area (Å²) in [5.41, 5.74) is 3.45. The average Bonchev–Trinajstić information content (AvgIpc) is 1.12. The Bertz CT molecular complexity index is 3670. The Morgan fingerprint density at radius 2 is 0.854 bits per heavy atom. The van der Waals surface area contributed by atoms with Gasteiger partial charge in [-0.1, -0.05) is 238 Å². The first-order valence-corrected chi connectivity index (χ1v) is 39.7. The highest BCUT2D eigenvalue weighted by atomic mass is 127. The summed E-state index contributed by atoms with van der Waals surface area (Å²) in [6.45, 7) is 37.3. The second-order valence-corrected chi connectivity index (χ2v) is 40.3. The zero-order chi connectivity index (χ0) is 69.7. The molecule has 2 atom stereocenters. The first kappa shape index (κ1) is 75.5. The quantitative estimate of drug-likeness (QED) is 0.0455. The molecular weight excluding hydrogens is 1410 g/mol. The third-order valence-electron chi connectivity index (χ3n) is 17.1. The number of ether oxygens (including phenoxy) is 4. The highest BCUT2D eigenvalue weighted by molar-refractivity contribution is 14.1. The minimum Gasteiger partial charge on any atom is -0.444 e. The Kier molecular flexibility index (Phi) is 25.3. The van der Waals surface area contributed by atoms with Gasteiger partial charge in [-0.2, -0.15) is 0 Å². The van der Waals surface area contributed by atoms with Gasteiger partial charge < -0.3 is 47.6 Å². The molecule has 1 unspecified atom stereocenters. The Balaban J connectivity index is 0.000000205. The number of amides is 2. The van der Waals surface area contributed by atoms with Crippen LogP contribution in [0.15, 0.2) is 187 Å². The van der Waals surface area contributed by atoms with Gasteiger partial charge in [0.1, 0.15) is 34.1 Å². The lowest BCUT2D eigenvalue weighted by Crippen LogP contribution is -2.66. The molecule has 0 aliphatic carbocycles. The molecule has 2 amide bonds. The van der Waals surface area contributed by atoms with Gasteiger partial charge in [0.05, 0.1) is 24.6 Å². The summed E-state index contributed by atoms with van der Waals surface area (Å²) < 4.78 is 43.2. The van der Waals surface area contributed by atoms with Crippen molar-refractivity contribution < 1.29 is 37.4 Å². The predicted octanol–water partition coefficient (Wildman–Crippen LogP) is 16.1. The van der Waals surface area contributed by atoms with Crippen molar-refractivity contribution in [2.24, 2.45) is 0 Å². The number of nitrogens with zero attached hydrogens (tertiary/aromatic N) is 4. The number of nitrogens with one attached hydrogen (secondary N) is 2. The van der Waals surface area contributed by atoms with Gasteiger partial charge >= 0.3 is 12.2 Å². The predicted molar refractivity (Wildman–Crippen MR) is 406 cm³/mol. The van der Waals surface area contributed by atoms with E-state index < -0.39 is 39.5 Å². The number of carbonyl (C=O) groups excluding carboxylic acids is 2. The fourth-order valence-corrected chi connectivity index (χ4v) is 22.7. The third kappa shape index (κ3) is 19.6. The second-order valence-electron chi connectivity index (χ2n) is 29.9. The molecular formula is C78H102BrIN6O8Si2. The lowest BCUT2D eigenvalue weighted by molar-refractivity contribution is -0.0541. The van der Waals surface area contributed by atoms with Crippen molar-refractivity contribution in [2.45, 2.75) is 188 Å². The number of hydrogen-bond acceptors (Lipinski definition) is 10. The van der Waals surface area contributed by atoms with Gasteiger partial charge in [-0.15, -0.1) is 0 Å². The number of imidazole rings is 2. The molecule has 8 aromatic rings. The number of aromatic nitrogens is 4. The van der Waals surface area contributed by atoms with Gasteiger partial charge in [0, 0.05) is 70.8 Å². The molecule has 2 aromatic heterocycles. The fourth-order valence-electron chi connectivity index (χ4n) is 12.6. The highest BCUT2D eigenvalue weighted by Crippen LogP contribution is 2.39. The summed E-state index contributed by atoms with van der Waals surface area (Å²) in [5.74, 6) is 1.96. The maximum Gasteiger partial charge on any atom is 0.407 e. The number of halogens is 2. The van der Waals surface area contributed by atoms with Crippen molar-refractivity contribution >= 4 is 88.1 Å². The summed E-state index contributed by atoms with van der Waals surface area (Å²) >= 11 is 5.75. The lowest BCUT2D eigenvalue weighted by Gasteiger charge is -2.43. The number of benzene rings is 6. The normalized spacial score (nSPS) is 15.2. The fraction of sp³-hybridized carbons (Fsp3) is 0.436. The highest BCUT2D eigenvalue weighted by Gasteiger charge is 2.51. The van der Waals surface area contributed by atoms with Crippen LogP contribution in [0.4, 0.5) is 9.59 Å². The van der Waals surface area contributed by atoms with E-state index in [9.17, 15) is 9.59 Å². The molecule has 0 radical (unpaired) electrons. The second kappa shape index (κ2) is 32.2. The zero-order valence-corrected chi connectivity index (χ0v) is 65.1. The van der Waals surface area contributed by atoms with Crippen LogP contribution in [-0.2, 0) is 58.5 Å². The molecule has 514 valence electrons. The van der Waals surface area contributed by atoms with Gasteiger partial charge in [-0.05, 0) is 137 Å². The zero-order valence-electron chi connectivity index (χ0n) is 59.4. The summed E-state index contributed by atoms with van der Waals surface area (Å²) in [5, 5.41) is 11.0. The summed E-state index contributed by atoms with van der Waals surface area (Å²) in [6, 6.07) is 59.0. The molecule has 4 heterocycles. The number of rotatable bonds is 19. The van der Waals surface area contributed by atoms with Crippen LogP contribution in [0.5, 0.6) is 0 Å². The molecule has 0 bridgehead atoms. The van der Waals surface area contributed by atoms with Crippen LogP contribution in [-0.4, -0.2) is 102 Å². The molecule has 2 aliphatic heterocycles. The standard InChI is InChI=1S/C39H51N3O4Si.C25H36INO3Si.C14H15BrN2O/c1-37(2,3)46-36(43)40-31(27-29-19-21-30(22-20-29)34-28-42-24-26-44-39(7,8)35(42)41-34)23-25-45-47(38(4,5)6,32-15-11-9-12-16-32)33-17-13-10-14-18-33;1-24(2,3)30-23(28)27-20(19-26)17-18-29-31(25(4,5)6,21-13-9-7-10-14-21)22-15-11-8-12-16-22;1-14(2)13-16-12(9-17(13)7-8-18-14)10-3-5-11(15)6-4-10/h9-22,28,31H,23-27H2,1-8H3,(H,40,43);7-16,20H,17-19H2,1-6H3,(H,27,28);3-6,9H,7-8H2,1-2H3/t;20-;/m.1./s1. The molecule has 18 heteroatoms. The molecule has 2 aliphatic rings. The van der Waals surface area contributed by atoms with Crippen molar-refractivity contribution in [3.05, 3.63) is 204 Å². The van der Waals surface area contributed by atoms with Crippen molar-refractivity contribution in [3.8, 4) is 22.5 Å². The monoisotopic (exact) mass is 1510 g/mol. The van der Waals surface area contributed by atoms with Crippen LogP contribution >= 0.6 is 38.5 Å². The lowest BCUT2D eigenvalue weighted by atomic mass is 10.0. The van der Waals surface area contributed by atoms with Gasteiger partial charge in [0.25, 0.3) is 16.6 Å². The minimum absolute atomic E-state index is 0.00587. The average molecular weight is 1510 g/mol. The number of carbonyl (C=O) groups is 2. The third-order valence-corrected chi connectivity index (χ3v) is 28.8. The molecule has 2 N–H and O–H groups in total. The summed E-state index contributed by atoms with van der Waals surface area (Å²) in [4.78, 5) is 34.9. The van der Waals surface area contributed by atoms with Gasteiger partial charge in [0.15, 0.2) is 0 Å². The maximum absolute atomic E-state index is 13.0. The maximum atomic E-state index is 13.0. The SMILES string of the molecule is CC(C)(C)OC(=O)NC(CCO[Si](c1ccccc1)(c1ccccc1)C(C)(C)C)Cc1ccc(-c2cn3c(n2)C(C)(C)OCC3)cc1.CC(C)(C)OC(=O)N[C@@H](CI)CCO[Si](c1ccccc1)(c1ccccc1)C(C)(C)C.CC1(C)OCCn2cc(-c3ccc(Br)cc3)nc21. The largest absolute Gasteiger partial charge is 0.444 e. The Morgan fingerprint density at radius 1 is 0.521 bits per heavy atom. The van der Waals surface area contributed by atoms with E-state index in [1.807, 2.05) is 65.8 Å². The van der Waals surface area contributed by atoms with E-state index in [2.05, 4.69) is 286 Å². The van der Waals surface area contributed by atoms with E-state index in [0.717, 1.165) is 74.7 Å². The smallest absolute Gasteiger partial charge is 0.407 e. The topological polar surface area (TPSA) is 149 Å². The van der Waals surface area contributed by atoms with Crippen molar-refractivity contribution in [1.29, 1.82) is 0 Å². The molecule has 0 fully saturated rings. The molecule has 6 aromatic carbocycles. The van der Waals surface area contributed by atoms with Crippen LogP contribution in [0.2, 0.25) is 10.1 Å². The molecule has 0 saturated carbocycles. The number of hydrogen-bond donors (Lipinski definition) is 2. The number of alkyl carbamates (subject to hydrolysis) is 2. The van der Waals surface area contributed by atoms with E-state index in [0.29, 0.717) is 32.7 Å². The van der Waals surface area contributed by atoms with Gasteiger partial charge in [-0.25, -0.2) is 19.6 Å². The van der Waals surface area contributed by atoms with E-state index in [1.165, 1.54) is 20.7 Å².